The maximum atomic E-state index is 10.9. The van der Waals surface area contributed by atoms with Crippen LogP contribution in [-0.2, 0) is 16.7 Å². The number of hydrogen-bond acceptors (Lipinski definition) is 5. The molecule has 0 saturated heterocycles. The number of nitrogens with zero attached hydrogens (tertiary/aromatic N) is 1. The highest BCUT2D eigenvalue weighted by molar-refractivity contribution is 7.85. The quantitative estimate of drug-likeness (QED) is 0.425. The lowest BCUT2D eigenvalue weighted by molar-refractivity contribution is -0.678. The summed E-state index contributed by atoms with van der Waals surface area (Å²) in [6, 6.07) is 11.4. The second kappa shape index (κ2) is 4.81. The summed E-state index contributed by atoms with van der Waals surface area (Å²) < 4.78 is 45.9. The molecule has 0 aliphatic heterocycles. The second-order valence-electron chi connectivity index (χ2n) is 5.45. The fraction of sp³-hybridized carbons (Fsp3) is 0.188. The Kier molecular flexibility index (Phi) is 2.97. The van der Waals surface area contributed by atoms with Crippen molar-refractivity contribution >= 4 is 43.2 Å². The van der Waals surface area contributed by atoms with Crippen LogP contribution in [0.3, 0.4) is 0 Å². The van der Waals surface area contributed by atoms with Crippen LogP contribution in [0.1, 0.15) is 5.89 Å². The van der Waals surface area contributed by atoms with E-state index in [9.17, 15) is 13.0 Å². The zero-order valence-electron chi connectivity index (χ0n) is 12.3. The third kappa shape index (κ3) is 2.38. The SMILES string of the molecule is Cc1oc2cc3oc4ccccc4c3cc2[n+]1CCS(=O)(=O)[O-]. The Morgan fingerprint density at radius 1 is 1.04 bits per heavy atom. The molecule has 2 aromatic carbocycles. The molecule has 2 heterocycles. The van der Waals surface area contributed by atoms with Gasteiger partial charge in [0.15, 0.2) is 6.54 Å². The van der Waals surface area contributed by atoms with Crippen LogP contribution < -0.4 is 4.57 Å². The molecule has 0 bridgehead atoms. The fourth-order valence-corrected chi connectivity index (χ4v) is 3.30. The molecule has 0 aliphatic carbocycles. The van der Waals surface area contributed by atoms with Crippen molar-refractivity contribution in [1.29, 1.82) is 0 Å². The van der Waals surface area contributed by atoms with Gasteiger partial charge in [0.25, 0.3) is 5.52 Å². The molecule has 23 heavy (non-hydrogen) atoms. The van der Waals surface area contributed by atoms with Crippen LogP contribution in [0, 0.1) is 6.92 Å². The van der Waals surface area contributed by atoms with Gasteiger partial charge in [0.05, 0.1) is 12.7 Å². The van der Waals surface area contributed by atoms with Gasteiger partial charge in [-0.3, -0.25) is 0 Å². The Bertz CT molecular complexity index is 1150. The van der Waals surface area contributed by atoms with Crippen LogP contribution in [0.5, 0.6) is 0 Å². The Morgan fingerprint density at radius 2 is 1.83 bits per heavy atom. The zero-order valence-corrected chi connectivity index (χ0v) is 13.1. The number of aryl methyl sites for hydroxylation is 2. The molecule has 6 nitrogen and oxygen atoms in total. The van der Waals surface area contributed by atoms with Gasteiger partial charge in [0, 0.05) is 22.9 Å². The maximum Gasteiger partial charge on any atom is 0.344 e. The summed E-state index contributed by atoms with van der Waals surface area (Å²) in [5.41, 5.74) is 2.82. The van der Waals surface area contributed by atoms with E-state index < -0.39 is 15.9 Å². The minimum atomic E-state index is -4.28. The van der Waals surface area contributed by atoms with Crippen molar-refractivity contribution in [3.05, 3.63) is 42.3 Å². The predicted octanol–water partition coefficient (Wildman–Crippen LogP) is 2.47. The third-order valence-electron chi connectivity index (χ3n) is 3.95. The molecule has 4 aromatic rings. The van der Waals surface area contributed by atoms with Gasteiger partial charge in [-0.25, -0.2) is 8.42 Å². The number of aromatic nitrogens is 1. The summed E-state index contributed by atoms with van der Waals surface area (Å²) in [7, 11) is -4.28. The molecule has 0 saturated carbocycles. The average Bonchev–Trinajstić information content (AvgIpc) is 2.98. The van der Waals surface area contributed by atoms with Gasteiger partial charge >= 0.3 is 5.89 Å². The Morgan fingerprint density at radius 3 is 2.61 bits per heavy atom. The Labute approximate surface area is 131 Å². The van der Waals surface area contributed by atoms with Crippen LogP contribution in [0.4, 0.5) is 0 Å². The van der Waals surface area contributed by atoms with E-state index in [1.54, 1.807) is 17.6 Å². The van der Waals surface area contributed by atoms with Gasteiger partial charge < -0.3 is 13.4 Å². The summed E-state index contributed by atoms with van der Waals surface area (Å²) in [4.78, 5) is 0. The lowest BCUT2D eigenvalue weighted by Crippen LogP contribution is -2.38. The molecule has 2 aromatic heterocycles. The number of rotatable bonds is 3. The topological polar surface area (TPSA) is 87.4 Å². The average molecular weight is 331 g/mol. The first-order valence-electron chi connectivity index (χ1n) is 7.10. The third-order valence-corrected chi connectivity index (χ3v) is 4.63. The van der Waals surface area contributed by atoms with Crippen molar-refractivity contribution < 1.29 is 26.4 Å². The van der Waals surface area contributed by atoms with E-state index in [1.165, 1.54) is 0 Å². The number of benzene rings is 2. The first kappa shape index (κ1) is 14.2. The van der Waals surface area contributed by atoms with Crippen molar-refractivity contribution in [1.82, 2.24) is 0 Å². The smallest absolute Gasteiger partial charge is 0.344 e. The summed E-state index contributed by atoms with van der Waals surface area (Å²) in [6.45, 7) is 1.79. The first-order valence-corrected chi connectivity index (χ1v) is 8.68. The van der Waals surface area contributed by atoms with E-state index in [-0.39, 0.29) is 6.54 Å². The van der Waals surface area contributed by atoms with Gasteiger partial charge in [0.2, 0.25) is 5.58 Å². The molecule has 0 unspecified atom stereocenters. The lowest BCUT2D eigenvalue weighted by Gasteiger charge is -2.02. The van der Waals surface area contributed by atoms with Gasteiger partial charge in [0.1, 0.15) is 21.3 Å². The monoisotopic (exact) mass is 331 g/mol. The minimum absolute atomic E-state index is 0.0615. The summed E-state index contributed by atoms with van der Waals surface area (Å²) in [5, 5.41) is 1.90. The van der Waals surface area contributed by atoms with Gasteiger partial charge in [-0.15, -0.1) is 0 Å². The molecule has 0 atom stereocenters. The summed E-state index contributed by atoms with van der Waals surface area (Å²) in [5.74, 6) is 0.0673. The van der Waals surface area contributed by atoms with E-state index in [1.807, 2.05) is 30.3 Å². The van der Waals surface area contributed by atoms with Crippen LogP contribution >= 0.6 is 0 Å². The molecule has 0 spiro atoms. The summed E-state index contributed by atoms with van der Waals surface area (Å²) in [6.07, 6.45) is 0. The van der Waals surface area contributed by atoms with Crippen LogP contribution in [0.25, 0.3) is 33.0 Å². The molecule has 118 valence electrons. The lowest BCUT2D eigenvalue weighted by atomic mass is 10.1. The summed E-state index contributed by atoms with van der Waals surface area (Å²) >= 11 is 0. The standard InChI is InChI=1S/C16H13NO5S/c1-10-17(6-7-23(18,19)20)13-8-12-11-4-2-3-5-14(11)22-15(12)9-16(13)21-10/h2-5,8-9H,6-7H2,1H3. The molecule has 0 aliphatic rings. The van der Waals surface area contributed by atoms with Crippen molar-refractivity contribution in [3.63, 3.8) is 0 Å². The largest absolute Gasteiger partial charge is 0.748 e. The predicted molar refractivity (Wildman–Crippen MR) is 83.0 cm³/mol. The van der Waals surface area contributed by atoms with Gasteiger partial charge in [-0.05, 0) is 6.07 Å². The second-order valence-corrected chi connectivity index (χ2v) is 6.97. The fourth-order valence-electron chi connectivity index (χ4n) is 2.90. The number of furan rings is 1. The zero-order chi connectivity index (χ0) is 16.2. The number of para-hydroxylation sites is 1. The molecular weight excluding hydrogens is 318 g/mol. The molecular formula is C16H13NO5S. The van der Waals surface area contributed by atoms with Crippen molar-refractivity contribution in [2.45, 2.75) is 13.5 Å². The normalized spacial score (nSPS) is 12.6. The molecule has 7 heteroatoms. The highest BCUT2D eigenvalue weighted by Gasteiger charge is 2.22. The Hall–Kier alpha value is -2.38. The van der Waals surface area contributed by atoms with Gasteiger partial charge in [-0.2, -0.15) is 4.57 Å². The number of fused-ring (bicyclic) bond motifs is 4. The first-order chi connectivity index (χ1) is 10.9. The van der Waals surface area contributed by atoms with Crippen molar-refractivity contribution in [2.75, 3.05) is 5.75 Å². The van der Waals surface area contributed by atoms with E-state index in [2.05, 4.69) is 0 Å². The van der Waals surface area contributed by atoms with Crippen LogP contribution in [-0.4, -0.2) is 18.7 Å². The van der Waals surface area contributed by atoms with E-state index in [0.717, 1.165) is 21.9 Å². The number of hydrogen-bond donors (Lipinski definition) is 0. The van der Waals surface area contributed by atoms with Crippen molar-refractivity contribution in [3.8, 4) is 0 Å². The van der Waals surface area contributed by atoms with Crippen LogP contribution in [0.15, 0.2) is 45.2 Å². The van der Waals surface area contributed by atoms with Gasteiger partial charge in [-0.1, -0.05) is 18.2 Å². The van der Waals surface area contributed by atoms with Crippen molar-refractivity contribution in [2.24, 2.45) is 0 Å². The molecule has 0 fully saturated rings. The molecule has 0 N–H and O–H groups in total. The molecule has 0 amide bonds. The van der Waals surface area contributed by atoms with E-state index in [4.69, 9.17) is 8.83 Å². The van der Waals surface area contributed by atoms with E-state index >= 15 is 0 Å². The highest BCUT2D eigenvalue weighted by Crippen LogP contribution is 2.31. The maximum absolute atomic E-state index is 10.9. The molecule has 4 rings (SSSR count). The Balaban J connectivity index is 1.96. The molecule has 0 radical (unpaired) electrons. The number of oxazole rings is 1. The highest BCUT2D eigenvalue weighted by atomic mass is 32.2. The van der Waals surface area contributed by atoms with Crippen LogP contribution in [0.2, 0.25) is 0 Å². The minimum Gasteiger partial charge on any atom is -0.748 e. The van der Waals surface area contributed by atoms with E-state index in [0.29, 0.717) is 17.1 Å².